The first-order valence-corrected chi connectivity index (χ1v) is 9.71. The summed E-state index contributed by atoms with van der Waals surface area (Å²) in [6, 6.07) is 15.5. The standard InChI is InChI=1S/C16H11BrN4OS2/c17-10-5-7-11(8-6-10)21-14(22)9-23-16(21)20-19-15-18-12-3-1-2-4-13(12)24-15/h1-8H,9H2,(H,18,19)/b20-16+. The maximum absolute atomic E-state index is 12.2. The summed E-state index contributed by atoms with van der Waals surface area (Å²) in [5.74, 6) is 0.406. The fraction of sp³-hybridized carbons (Fsp3) is 0.0625. The number of carbonyl (C=O) groups is 1. The van der Waals surface area contributed by atoms with Crippen LogP contribution in [0, 0.1) is 0 Å². The highest BCUT2D eigenvalue weighted by Crippen LogP contribution is 2.29. The number of carbonyl (C=O) groups excluding carboxylic acids is 1. The number of anilines is 2. The normalized spacial score (nSPS) is 16.3. The van der Waals surface area contributed by atoms with Crippen molar-refractivity contribution in [1.29, 1.82) is 0 Å². The van der Waals surface area contributed by atoms with Crippen LogP contribution < -0.4 is 10.3 Å². The third kappa shape index (κ3) is 3.04. The molecule has 1 saturated heterocycles. The Kier molecular flexibility index (Phi) is 4.26. The summed E-state index contributed by atoms with van der Waals surface area (Å²) < 4.78 is 2.07. The molecule has 3 aromatic rings. The van der Waals surface area contributed by atoms with E-state index in [4.69, 9.17) is 0 Å². The minimum absolute atomic E-state index is 0.0205. The van der Waals surface area contributed by atoms with E-state index in [0.29, 0.717) is 16.1 Å². The van der Waals surface area contributed by atoms with Gasteiger partial charge in [-0.25, -0.2) is 10.4 Å². The number of thiazole rings is 1. The first-order chi connectivity index (χ1) is 11.7. The van der Waals surface area contributed by atoms with Crippen molar-refractivity contribution >= 4 is 71.1 Å². The maximum Gasteiger partial charge on any atom is 0.243 e. The van der Waals surface area contributed by atoms with Crippen molar-refractivity contribution in [3.63, 3.8) is 0 Å². The Balaban J connectivity index is 1.60. The second-order valence-corrected chi connectivity index (χ2v) is 7.88. The molecule has 0 bridgehead atoms. The quantitative estimate of drug-likeness (QED) is 0.635. The van der Waals surface area contributed by atoms with Gasteiger partial charge in [0.25, 0.3) is 0 Å². The van der Waals surface area contributed by atoms with E-state index in [-0.39, 0.29) is 5.91 Å². The Morgan fingerprint density at radius 2 is 1.96 bits per heavy atom. The molecule has 0 saturated carbocycles. The molecule has 2 aromatic carbocycles. The zero-order valence-electron chi connectivity index (χ0n) is 12.3. The van der Waals surface area contributed by atoms with Crippen LogP contribution >= 0.6 is 39.0 Å². The van der Waals surface area contributed by atoms with Crippen LogP contribution in [0.15, 0.2) is 58.1 Å². The van der Waals surface area contributed by atoms with Crippen LogP contribution in [0.2, 0.25) is 0 Å². The van der Waals surface area contributed by atoms with E-state index < -0.39 is 0 Å². The molecule has 2 heterocycles. The van der Waals surface area contributed by atoms with Gasteiger partial charge in [-0.05, 0) is 36.4 Å². The molecule has 1 N–H and O–H groups in total. The van der Waals surface area contributed by atoms with Crippen molar-refractivity contribution in [2.24, 2.45) is 5.10 Å². The molecule has 0 atom stereocenters. The van der Waals surface area contributed by atoms with E-state index in [1.807, 2.05) is 48.5 Å². The fourth-order valence-corrected chi connectivity index (χ4v) is 4.21. The lowest BCUT2D eigenvalue weighted by atomic mass is 10.3. The summed E-state index contributed by atoms with van der Waals surface area (Å²) >= 11 is 6.35. The van der Waals surface area contributed by atoms with Gasteiger partial charge in [0, 0.05) is 4.47 Å². The number of rotatable bonds is 3. The second kappa shape index (κ2) is 6.54. The average molecular weight is 419 g/mol. The molecule has 1 aromatic heterocycles. The van der Waals surface area contributed by atoms with E-state index >= 15 is 0 Å². The predicted molar refractivity (Wildman–Crippen MR) is 105 cm³/mol. The number of nitrogens with one attached hydrogen (secondary N) is 1. The van der Waals surface area contributed by atoms with Gasteiger partial charge in [0.05, 0.1) is 21.7 Å². The van der Waals surface area contributed by atoms with Crippen LogP contribution in [0.1, 0.15) is 0 Å². The molecule has 120 valence electrons. The van der Waals surface area contributed by atoms with E-state index in [1.165, 1.54) is 23.1 Å². The largest absolute Gasteiger partial charge is 0.273 e. The highest BCUT2D eigenvalue weighted by Gasteiger charge is 2.29. The van der Waals surface area contributed by atoms with Crippen molar-refractivity contribution in [3.05, 3.63) is 53.0 Å². The highest BCUT2D eigenvalue weighted by atomic mass is 79.9. The van der Waals surface area contributed by atoms with Gasteiger partial charge in [0.2, 0.25) is 11.0 Å². The zero-order valence-corrected chi connectivity index (χ0v) is 15.5. The molecule has 0 radical (unpaired) electrons. The van der Waals surface area contributed by atoms with Crippen LogP contribution in [-0.2, 0) is 4.79 Å². The van der Waals surface area contributed by atoms with Crippen LogP contribution in [0.5, 0.6) is 0 Å². The lowest BCUT2D eigenvalue weighted by Gasteiger charge is -2.15. The van der Waals surface area contributed by atoms with Gasteiger partial charge in [-0.3, -0.25) is 9.69 Å². The lowest BCUT2D eigenvalue weighted by Crippen LogP contribution is -2.29. The van der Waals surface area contributed by atoms with Crippen molar-refractivity contribution in [1.82, 2.24) is 4.98 Å². The third-order valence-electron chi connectivity index (χ3n) is 3.39. The Labute approximate surface area is 154 Å². The Morgan fingerprint density at radius 1 is 1.17 bits per heavy atom. The van der Waals surface area contributed by atoms with Crippen molar-refractivity contribution in [2.75, 3.05) is 16.1 Å². The topological polar surface area (TPSA) is 57.6 Å². The maximum atomic E-state index is 12.2. The van der Waals surface area contributed by atoms with Gasteiger partial charge in [-0.1, -0.05) is 51.2 Å². The predicted octanol–water partition coefficient (Wildman–Crippen LogP) is 4.52. The molecule has 0 spiro atoms. The van der Waals surface area contributed by atoms with Gasteiger partial charge in [0.1, 0.15) is 0 Å². The number of hydrogen-bond acceptors (Lipinski definition) is 6. The van der Waals surface area contributed by atoms with Crippen molar-refractivity contribution < 1.29 is 4.79 Å². The van der Waals surface area contributed by atoms with Crippen LogP contribution in [0.3, 0.4) is 0 Å². The minimum Gasteiger partial charge on any atom is -0.273 e. The summed E-state index contributed by atoms with van der Waals surface area (Å²) in [6.07, 6.45) is 0. The second-order valence-electron chi connectivity index (χ2n) is 4.99. The third-order valence-corrected chi connectivity index (χ3v) is 5.78. The molecule has 24 heavy (non-hydrogen) atoms. The Hall–Kier alpha value is -1.90. The minimum atomic E-state index is 0.0205. The van der Waals surface area contributed by atoms with Gasteiger partial charge in [0.15, 0.2) is 5.17 Å². The fourth-order valence-electron chi connectivity index (χ4n) is 2.30. The molecular formula is C16H11BrN4OS2. The molecule has 5 nitrogen and oxygen atoms in total. The Morgan fingerprint density at radius 3 is 2.75 bits per heavy atom. The molecule has 1 fully saturated rings. The van der Waals surface area contributed by atoms with Crippen LogP contribution in [-0.4, -0.2) is 21.8 Å². The number of hydrogen-bond donors (Lipinski definition) is 1. The lowest BCUT2D eigenvalue weighted by molar-refractivity contribution is -0.115. The van der Waals surface area contributed by atoms with Gasteiger partial charge >= 0.3 is 0 Å². The number of amidine groups is 1. The van der Waals surface area contributed by atoms with E-state index in [2.05, 4.69) is 31.4 Å². The average Bonchev–Trinajstić information content (AvgIpc) is 3.17. The summed E-state index contributed by atoms with van der Waals surface area (Å²) in [6.45, 7) is 0. The number of fused-ring (bicyclic) bond motifs is 1. The highest BCUT2D eigenvalue weighted by molar-refractivity contribution is 9.10. The SMILES string of the molecule is O=C1CS/C(=N/Nc2nc3ccccc3s2)N1c1ccc(Br)cc1. The molecule has 1 aliphatic rings. The molecule has 4 rings (SSSR count). The number of aromatic nitrogens is 1. The van der Waals surface area contributed by atoms with Gasteiger partial charge < -0.3 is 0 Å². The molecule has 8 heteroatoms. The van der Waals surface area contributed by atoms with Crippen LogP contribution in [0.4, 0.5) is 10.8 Å². The number of nitrogens with zero attached hydrogens (tertiary/aromatic N) is 3. The van der Waals surface area contributed by atoms with Crippen molar-refractivity contribution in [2.45, 2.75) is 0 Å². The summed E-state index contributed by atoms with van der Waals surface area (Å²) in [5.41, 5.74) is 4.72. The zero-order chi connectivity index (χ0) is 16.5. The number of halogens is 1. The summed E-state index contributed by atoms with van der Waals surface area (Å²) in [5, 5.41) is 5.72. The number of amides is 1. The number of hydrazone groups is 1. The molecule has 1 aliphatic heterocycles. The number of para-hydroxylation sites is 1. The number of benzene rings is 2. The smallest absolute Gasteiger partial charge is 0.243 e. The van der Waals surface area contributed by atoms with E-state index in [1.54, 1.807) is 4.90 Å². The number of thioether (sulfide) groups is 1. The Bertz CT molecular complexity index is 906. The summed E-state index contributed by atoms with van der Waals surface area (Å²) in [7, 11) is 0. The van der Waals surface area contributed by atoms with E-state index in [0.717, 1.165) is 20.4 Å². The molecule has 0 aliphatic carbocycles. The van der Waals surface area contributed by atoms with Crippen LogP contribution in [0.25, 0.3) is 10.2 Å². The molecular weight excluding hydrogens is 408 g/mol. The first-order valence-electron chi connectivity index (χ1n) is 7.11. The summed E-state index contributed by atoms with van der Waals surface area (Å²) in [4.78, 5) is 18.3. The molecule has 1 amide bonds. The first kappa shape index (κ1) is 15.6. The van der Waals surface area contributed by atoms with Gasteiger partial charge in [-0.2, -0.15) is 0 Å². The van der Waals surface area contributed by atoms with Crippen molar-refractivity contribution in [3.8, 4) is 0 Å². The van der Waals surface area contributed by atoms with E-state index in [9.17, 15) is 4.79 Å². The van der Waals surface area contributed by atoms with Gasteiger partial charge in [-0.15, -0.1) is 5.10 Å². The monoisotopic (exact) mass is 418 g/mol. The molecule has 0 unspecified atom stereocenters.